The minimum Gasteiger partial charge on any atom is -0.341 e. The monoisotopic (exact) mass is 281 g/mol. The number of carbonyl (C=O) groups is 2. The molecule has 1 amide bonds. The van der Waals surface area contributed by atoms with Gasteiger partial charge in [-0.2, -0.15) is 22.0 Å². The number of hydrogen-bond acceptors (Lipinski definition) is 2. The van der Waals surface area contributed by atoms with Crippen LogP contribution in [0.15, 0.2) is 0 Å². The summed E-state index contributed by atoms with van der Waals surface area (Å²) in [5, 5.41) is 1.32. The molecule has 1 atom stereocenters. The van der Waals surface area contributed by atoms with E-state index in [2.05, 4.69) is 0 Å². The van der Waals surface area contributed by atoms with Crippen LogP contribution in [0, 0.1) is 0 Å². The Morgan fingerprint density at radius 1 is 1.24 bits per heavy atom. The van der Waals surface area contributed by atoms with E-state index in [-0.39, 0.29) is 6.42 Å². The quantitative estimate of drug-likeness (QED) is 0.618. The van der Waals surface area contributed by atoms with E-state index in [1.807, 2.05) is 0 Å². The summed E-state index contributed by atoms with van der Waals surface area (Å²) in [6.07, 6.45) is -6.13. The molecule has 0 aromatic carbocycles. The number of amides is 1. The molecule has 0 heterocycles. The molecule has 0 saturated carbocycles. The summed E-state index contributed by atoms with van der Waals surface area (Å²) in [4.78, 5) is 21.7. The smallest absolute Gasteiger partial charge is 0.341 e. The van der Waals surface area contributed by atoms with Gasteiger partial charge in [0.05, 0.1) is 11.9 Å². The van der Waals surface area contributed by atoms with Gasteiger partial charge in [-0.25, -0.2) is 0 Å². The van der Waals surface area contributed by atoms with Crippen LogP contribution < -0.4 is 5.32 Å². The highest BCUT2D eigenvalue weighted by molar-refractivity contribution is 6.28. The van der Waals surface area contributed by atoms with Crippen LogP contribution in [-0.2, 0) is 9.59 Å². The third-order valence-corrected chi connectivity index (χ3v) is 2.14. The lowest BCUT2D eigenvalue weighted by atomic mass is 10.1. The Bertz CT molecular complexity index is 305. The van der Waals surface area contributed by atoms with E-state index in [4.69, 9.17) is 11.6 Å². The Labute approximate surface area is 98.3 Å². The lowest BCUT2D eigenvalue weighted by Gasteiger charge is -2.21. The van der Waals surface area contributed by atoms with Crippen LogP contribution >= 0.6 is 11.6 Å². The third kappa shape index (κ3) is 3.79. The fourth-order valence-corrected chi connectivity index (χ4v) is 1.07. The molecule has 0 aromatic rings. The Morgan fingerprint density at radius 3 is 2.00 bits per heavy atom. The normalized spacial score (nSPS) is 14.3. The van der Waals surface area contributed by atoms with E-state index in [1.54, 1.807) is 0 Å². The van der Waals surface area contributed by atoms with Crippen molar-refractivity contribution in [3.63, 3.8) is 0 Å². The van der Waals surface area contributed by atoms with Gasteiger partial charge in [0.2, 0.25) is 0 Å². The van der Waals surface area contributed by atoms with Crippen molar-refractivity contribution in [2.45, 2.75) is 31.5 Å². The number of carbonyl (C=O) groups excluding carboxylic acids is 2. The van der Waals surface area contributed by atoms with Gasteiger partial charge in [-0.3, -0.25) is 9.59 Å². The van der Waals surface area contributed by atoms with E-state index in [0.717, 1.165) is 0 Å². The molecule has 0 bridgehead atoms. The van der Waals surface area contributed by atoms with Gasteiger partial charge in [-0.15, -0.1) is 11.6 Å². The maximum atomic E-state index is 12.5. The van der Waals surface area contributed by atoms with Crippen molar-refractivity contribution in [3.8, 4) is 0 Å². The number of ketones is 1. The topological polar surface area (TPSA) is 46.2 Å². The molecule has 9 heteroatoms. The molecule has 0 spiro atoms. The molecule has 0 rings (SSSR count). The van der Waals surface area contributed by atoms with E-state index in [0.29, 0.717) is 0 Å². The molecule has 0 aliphatic heterocycles. The van der Waals surface area contributed by atoms with Crippen LogP contribution in [0.5, 0.6) is 0 Å². The minimum absolute atomic E-state index is 0.134. The molecular formula is C8H9ClF5NO2. The zero-order valence-electron chi connectivity index (χ0n) is 8.58. The van der Waals surface area contributed by atoms with Gasteiger partial charge in [0.15, 0.2) is 5.78 Å². The van der Waals surface area contributed by atoms with Crippen LogP contribution in [0.2, 0.25) is 0 Å². The van der Waals surface area contributed by atoms with E-state index in [9.17, 15) is 31.5 Å². The first-order valence-electron chi connectivity index (χ1n) is 4.42. The van der Waals surface area contributed by atoms with Crippen molar-refractivity contribution >= 4 is 23.3 Å². The summed E-state index contributed by atoms with van der Waals surface area (Å²) < 4.78 is 60.4. The second-order valence-electron chi connectivity index (χ2n) is 3.11. The first-order valence-corrected chi connectivity index (χ1v) is 4.95. The fraction of sp³-hybridized carbons (Fsp3) is 0.750. The van der Waals surface area contributed by atoms with Crippen molar-refractivity contribution in [1.29, 1.82) is 0 Å². The first-order chi connectivity index (χ1) is 7.57. The maximum absolute atomic E-state index is 12.5. The third-order valence-electron chi connectivity index (χ3n) is 1.88. The van der Waals surface area contributed by atoms with Crippen molar-refractivity contribution in [1.82, 2.24) is 5.32 Å². The van der Waals surface area contributed by atoms with E-state index >= 15 is 0 Å². The van der Waals surface area contributed by atoms with Crippen LogP contribution in [0.1, 0.15) is 13.3 Å². The number of Topliss-reactive ketones (excluding diaryl/α,β-unsaturated/α-hetero) is 1. The van der Waals surface area contributed by atoms with Crippen LogP contribution in [-0.4, -0.2) is 35.7 Å². The Hall–Kier alpha value is -0.920. The molecule has 0 aliphatic rings. The number of rotatable bonds is 5. The van der Waals surface area contributed by atoms with Gasteiger partial charge in [0, 0.05) is 0 Å². The molecule has 0 radical (unpaired) electrons. The minimum atomic E-state index is -6.00. The van der Waals surface area contributed by atoms with Crippen molar-refractivity contribution in [2.24, 2.45) is 0 Å². The standard InChI is InChI=1S/C8H9ClF5NO2/c1-2-4(5(16)3-9)15-6(17)7(10,11)8(12,13)14/h4H,2-3H2,1H3,(H,15,17). The van der Waals surface area contributed by atoms with Gasteiger partial charge >= 0.3 is 18.0 Å². The number of nitrogens with one attached hydrogen (secondary N) is 1. The van der Waals surface area contributed by atoms with Crippen molar-refractivity contribution < 1.29 is 31.5 Å². The summed E-state index contributed by atoms with van der Waals surface area (Å²) >= 11 is 5.10. The molecule has 3 nitrogen and oxygen atoms in total. The molecular weight excluding hydrogens is 273 g/mol. The fourth-order valence-electron chi connectivity index (χ4n) is 0.881. The first kappa shape index (κ1) is 16.1. The summed E-state index contributed by atoms with van der Waals surface area (Å²) in [7, 11) is 0. The lowest BCUT2D eigenvalue weighted by molar-refractivity contribution is -0.270. The van der Waals surface area contributed by atoms with Crippen LogP contribution in [0.4, 0.5) is 22.0 Å². The molecule has 100 valence electrons. The van der Waals surface area contributed by atoms with Crippen LogP contribution in [0.25, 0.3) is 0 Å². The van der Waals surface area contributed by atoms with Crippen molar-refractivity contribution in [3.05, 3.63) is 0 Å². The molecule has 1 unspecified atom stereocenters. The van der Waals surface area contributed by atoms with Gasteiger partial charge < -0.3 is 5.32 Å². The predicted molar refractivity (Wildman–Crippen MR) is 49.0 cm³/mol. The molecule has 0 fully saturated rings. The average molecular weight is 282 g/mol. The predicted octanol–water partition coefficient (Wildman–Crippen LogP) is 1.89. The summed E-state index contributed by atoms with van der Waals surface area (Å²) in [5.74, 6) is -9.51. The Balaban J connectivity index is 4.80. The maximum Gasteiger partial charge on any atom is 0.463 e. The highest BCUT2D eigenvalue weighted by Gasteiger charge is 2.63. The van der Waals surface area contributed by atoms with E-state index in [1.165, 1.54) is 12.2 Å². The van der Waals surface area contributed by atoms with E-state index < -0.39 is 35.7 Å². The summed E-state index contributed by atoms with van der Waals surface area (Å²) in [5.41, 5.74) is 0. The van der Waals surface area contributed by atoms with Gasteiger partial charge in [-0.1, -0.05) is 6.92 Å². The Kier molecular flexibility index (Phi) is 5.31. The number of alkyl halides is 6. The highest BCUT2D eigenvalue weighted by Crippen LogP contribution is 2.35. The SMILES string of the molecule is CCC(NC(=O)C(F)(F)C(F)(F)F)C(=O)CCl. The largest absolute Gasteiger partial charge is 0.463 e. The summed E-state index contributed by atoms with van der Waals surface area (Å²) in [6, 6.07) is -1.45. The Morgan fingerprint density at radius 2 is 1.71 bits per heavy atom. The second-order valence-corrected chi connectivity index (χ2v) is 3.37. The number of hydrogen-bond donors (Lipinski definition) is 1. The molecule has 0 aromatic heterocycles. The zero-order chi connectivity index (χ0) is 13.9. The van der Waals surface area contributed by atoms with Gasteiger partial charge in [0.1, 0.15) is 0 Å². The molecule has 17 heavy (non-hydrogen) atoms. The molecule has 0 saturated heterocycles. The number of halogens is 6. The van der Waals surface area contributed by atoms with Crippen LogP contribution in [0.3, 0.4) is 0 Å². The summed E-state index contributed by atoms with van der Waals surface area (Å²) in [6.45, 7) is 1.33. The lowest BCUT2D eigenvalue weighted by Crippen LogP contribution is -2.54. The highest BCUT2D eigenvalue weighted by atomic mass is 35.5. The van der Waals surface area contributed by atoms with Gasteiger partial charge in [-0.05, 0) is 6.42 Å². The molecule has 0 aliphatic carbocycles. The zero-order valence-corrected chi connectivity index (χ0v) is 9.33. The second kappa shape index (κ2) is 5.61. The van der Waals surface area contributed by atoms with Gasteiger partial charge in [0.25, 0.3) is 0 Å². The molecule has 1 N–H and O–H groups in total. The average Bonchev–Trinajstić information content (AvgIpc) is 2.22. The van der Waals surface area contributed by atoms with Crippen molar-refractivity contribution in [2.75, 3.05) is 5.88 Å².